The third-order valence-electron chi connectivity index (χ3n) is 0.938. The largest absolute Gasteiger partial charge is 0.361 e. The standard InChI is InChI=1S/C6H9N5O2/c1-6(2,3-7)9-5(13)11-10-4(8)12/h1-2H3,(H2,8,12)(H,9,13). The van der Waals surface area contributed by atoms with E-state index < -0.39 is 17.6 Å². The second kappa shape index (κ2) is 4.15. The second-order valence-corrected chi connectivity index (χ2v) is 2.71. The number of azo groups is 1. The highest BCUT2D eigenvalue weighted by Gasteiger charge is 2.18. The quantitative estimate of drug-likeness (QED) is 0.576. The topological polar surface area (TPSA) is 121 Å². The molecule has 4 amide bonds. The Balaban J connectivity index is 4.19. The van der Waals surface area contributed by atoms with E-state index >= 15 is 0 Å². The molecule has 0 saturated heterocycles. The van der Waals surface area contributed by atoms with Crippen LogP contribution in [0.2, 0.25) is 0 Å². The summed E-state index contributed by atoms with van der Waals surface area (Å²) in [4.78, 5) is 20.8. The number of primary amides is 1. The number of urea groups is 2. The number of rotatable bonds is 1. The van der Waals surface area contributed by atoms with Gasteiger partial charge in [-0.05, 0) is 13.8 Å². The summed E-state index contributed by atoms with van der Waals surface area (Å²) in [6.07, 6.45) is 0. The van der Waals surface area contributed by atoms with Gasteiger partial charge >= 0.3 is 12.1 Å². The lowest BCUT2D eigenvalue weighted by Crippen LogP contribution is -2.40. The normalized spacial score (nSPS) is 10.8. The zero-order valence-electron chi connectivity index (χ0n) is 7.24. The summed E-state index contributed by atoms with van der Waals surface area (Å²) in [7, 11) is 0. The Hall–Kier alpha value is -1.97. The highest BCUT2D eigenvalue weighted by molar-refractivity contribution is 5.79. The van der Waals surface area contributed by atoms with Crippen LogP contribution in [0.3, 0.4) is 0 Å². The van der Waals surface area contributed by atoms with E-state index in [0.717, 1.165) is 0 Å². The van der Waals surface area contributed by atoms with Gasteiger partial charge < -0.3 is 11.1 Å². The lowest BCUT2D eigenvalue weighted by molar-refractivity contribution is 0.239. The highest BCUT2D eigenvalue weighted by Crippen LogP contribution is 1.98. The third kappa shape index (κ3) is 5.32. The van der Waals surface area contributed by atoms with Crippen molar-refractivity contribution in [2.45, 2.75) is 19.4 Å². The fourth-order valence-corrected chi connectivity index (χ4v) is 0.415. The van der Waals surface area contributed by atoms with E-state index in [1.54, 1.807) is 0 Å². The molecule has 0 aliphatic heterocycles. The fourth-order valence-electron chi connectivity index (χ4n) is 0.415. The van der Waals surface area contributed by atoms with Crippen molar-refractivity contribution < 1.29 is 9.59 Å². The second-order valence-electron chi connectivity index (χ2n) is 2.71. The maximum atomic E-state index is 10.8. The molecule has 0 saturated carbocycles. The van der Waals surface area contributed by atoms with Gasteiger partial charge in [-0.2, -0.15) is 5.26 Å². The molecule has 0 spiro atoms. The van der Waals surface area contributed by atoms with Gasteiger partial charge in [0.25, 0.3) is 0 Å². The van der Waals surface area contributed by atoms with E-state index in [9.17, 15) is 9.59 Å². The number of amides is 4. The van der Waals surface area contributed by atoms with Gasteiger partial charge in [0.1, 0.15) is 5.54 Å². The zero-order chi connectivity index (χ0) is 10.5. The Kier molecular flexibility index (Phi) is 3.53. The van der Waals surface area contributed by atoms with Crippen molar-refractivity contribution in [1.82, 2.24) is 5.32 Å². The molecule has 0 rings (SSSR count). The smallest absolute Gasteiger partial charge is 0.348 e. The minimum Gasteiger partial charge on any atom is -0.348 e. The van der Waals surface area contributed by atoms with Crippen molar-refractivity contribution in [3.8, 4) is 6.07 Å². The summed E-state index contributed by atoms with van der Waals surface area (Å²) in [5, 5.41) is 16.4. The molecule has 0 aromatic heterocycles. The Morgan fingerprint density at radius 3 is 2.38 bits per heavy atom. The molecule has 0 atom stereocenters. The molecule has 13 heavy (non-hydrogen) atoms. The number of hydrogen-bond acceptors (Lipinski definition) is 3. The third-order valence-corrected chi connectivity index (χ3v) is 0.938. The van der Waals surface area contributed by atoms with E-state index in [2.05, 4.69) is 21.3 Å². The lowest BCUT2D eigenvalue weighted by Gasteiger charge is -2.14. The first-order valence-electron chi connectivity index (χ1n) is 3.32. The molecule has 0 aliphatic rings. The number of hydrogen-bond donors (Lipinski definition) is 2. The average molecular weight is 183 g/mol. The fraction of sp³-hybridized carbons (Fsp3) is 0.500. The maximum Gasteiger partial charge on any atom is 0.361 e. The maximum absolute atomic E-state index is 10.8. The van der Waals surface area contributed by atoms with Crippen molar-refractivity contribution >= 4 is 12.1 Å². The first-order valence-corrected chi connectivity index (χ1v) is 3.32. The molecule has 0 bridgehead atoms. The van der Waals surface area contributed by atoms with Crippen molar-refractivity contribution in [1.29, 1.82) is 5.26 Å². The van der Waals surface area contributed by atoms with Crippen molar-refractivity contribution in [2.24, 2.45) is 16.0 Å². The molecule has 0 aliphatic carbocycles. The Bertz CT molecular complexity index is 288. The molecular formula is C6H9N5O2. The molecule has 70 valence electrons. The molecular weight excluding hydrogens is 174 g/mol. The summed E-state index contributed by atoms with van der Waals surface area (Å²) in [5.41, 5.74) is 3.54. The Morgan fingerprint density at radius 1 is 1.46 bits per heavy atom. The number of nitriles is 1. The number of nitrogens with two attached hydrogens (primary N) is 1. The molecule has 0 aromatic rings. The Morgan fingerprint density at radius 2 is 2.00 bits per heavy atom. The van der Waals surface area contributed by atoms with Crippen LogP contribution in [0.5, 0.6) is 0 Å². The van der Waals surface area contributed by atoms with Gasteiger partial charge in [0.05, 0.1) is 6.07 Å². The lowest BCUT2D eigenvalue weighted by atomic mass is 10.1. The van der Waals surface area contributed by atoms with Crippen LogP contribution in [0.15, 0.2) is 10.2 Å². The molecule has 0 unspecified atom stereocenters. The van der Waals surface area contributed by atoms with Crippen LogP contribution < -0.4 is 11.1 Å². The van der Waals surface area contributed by atoms with Crippen molar-refractivity contribution in [3.63, 3.8) is 0 Å². The molecule has 0 radical (unpaired) electrons. The van der Waals surface area contributed by atoms with Gasteiger partial charge in [-0.3, -0.25) is 0 Å². The minimum atomic E-state index is -1.06. The van der Waals surface area contributed by atoms with Crippen LogP contribution in [-0.2, 0) is 0 Å². The van der Waals surface area contributed by atoms with E-state index in [-0.39, 0.29) is 0 Å². The SMILES string of the molecule is CC(C)(C#N)NC(=O)N=NC(N)=O. The van der Waals surface area contributed by atoms with E-state index in [1.807, 2.05) is 6.07 Å². The van der Waals surface area contributed by atoms with Gasteiger partial charge in [-0.15, -0.1) is 0 Å². The van der Waals surface area contributed by atoms with Gasteiger partial charge in [0.2, 0.25) is 0 Å². The predicted octanol–water partition coefficient (Wildman–Crippen LogP) is 0.529. The summed E-state index contributed by atoms with van der Waals surface area (Å²) >= 11 is 0. The molecule has 7 heteroatoms. The molecule has 0 fully saturated rings. The summed E-state index contributed by atoms with van der Waals surface area (Å²) in [6, 6.07) is -0.139. The van der Waals surface area contributed by atoms with E-state index in [1.165, 1.54) is 13.8 Å². The van der Waals surface area contributed by atoms with Crippen LogP contribution in [0.1, 0.15) is 13.8 Å². The van der Waals surface area contributed by atoms with Gasteiger partial charge in [-0.25, -0.2) is 9.59 Å². The van der Waals surface area contributed by atoms with Crippen molar-refractivity contribution in [3.05, 3.63) is 0 Å². The molecule has 3 N–H and O–H groups in total. The molecule has 0 aromatic carbocycles. The summed E-state index contributed by atoms with van der Waals surface area (Å²) in [6.45, 7) is 2.95. The number of nitrogens with one attached hydrogen (secondary N) is 1. The van der Waals surface area contributed by atoms with Gasteiger partial charge in [-0.1, -0.05) is 10.2 Å². The van der Waals surface area contributed by atoms with E-state index in [0.29, 0.717) is 0 Å². The van der Waals surface area contributed by atoms with Gasteiger partial charge in [0, 0.05) is 0 Å². The first-order chi connectivity index (χ1) is 5.87. The average Bonchev–Trinajstić information content (AvgIpc) is 2.00. The van der Waals surface area contributed by atoms with Crippen LogP contribution in [-0.4, -0.2) is 17.6 Å². The number of carbonyl (C=O) groups is 2. The minimum absolute atomic E-state index is 0.884. The van der Waals surface area contributed by atoms with Gasteiger partial charge in [0.15, 0.2) is 0 Å². The monoisotopic (exact) mass is 183 g/mol. The van der Waals surface area contributed by atoms with E-state index in [4.69, 9.17) is 5.26 Å². The van der Waals surface area contributed by atoms with Crippen LogP contribution >= 0.6 is 0 Å². The number of carbonyl (C=O) groups excluding carboxylic acids is 2. The first kappa shape index (κ1) is 11.0. The summed E-state index contributed by atoms with van der Waals surface area (Å²) < 4.78 is 0. The number of nitrogens with zero attached hydrogens (tertiary/aromatic N) is 3. The van der Waals surface area contributed by atoms with Crippen LogP contribution in [0.4, 0.5) is 9.59 Å². The predicted molar refractivity (Wildman–Crippen MR) is 42.7 cm³/mol. The summed E-state index contributed by atoms with van der Waals surface area (Å²) in [5.74, 6) is 0. The van der Waals surface area contributed by atoms with Crippen LogP contribution in [0.25, 0.3) is 0 Å². The Labute approximate surface area is 74.6 Å². The molecule has 0 heterocycles. The van der Waals surface area contributed by atoms with Crippen molar-refractivity contribution in [2.75, 3.05) is 0 Å². The zero-order valence-corrected chi connectivity index (χ0v) is 7.24. The molecule has 7 nitrogen and oxygen atoms in total. The highest BCUT2D eigenvalue weighted by atomic mass is 16.2. The van der Waals surface area contributed by atoms with Crippen LogP contribution in [0, 0.1) is 11.3 Å².